The van der Waals surface area contributed by atoms with E-state index in [1.807, 2.05) is 0 Å². The minimum atomic E-state index is -0.624. The summed E-state index contributed by atoms with van der Waals surface area (Å²) in [6.45, 7) is 1.53. The third-order valence-corrected chi connectivity index (χ3v) is 4.34. The first-order valence-electron chi connectivity index (χ1n) is 7.32. The summed E-state index contributed by atoms with van der Waals surface area (Å²) in [5, 5.41) is 15.1. The molecule has 1 aromatic heterocycles. The zero-order valence-corrected chi connectivity index (χ0v) is 14.1. The number of nitro groups is 1. The van der Waals surface area contributed by atoms with Crippen LogP contribution in [0.4, 0.5) is 19.6 Å². The fourth-order valence-electron chi connectivity index (χ4n) is 2.32. The molecule has 0 aliphatic carbocycles. The van der Waals surface area contributed by atoms with Crippen molar-refractivity contribution in [3.8, 4) is 11.3 Å². The van der Waals surface area contributed by atoms with Gasteiger partial charge in [-0.2, -0.15) is 0 Å². The lowest BCUT2D eigenvalue weighted by molar-refractivity contribution is -0.385. The first-order valence-corrected chi connectivity index (χ1v) is 8.20. The SMILES string of the molecule is Cc1cc(C(=O)Nc2nc(-c3cc(F)ccc3F)cs2)ccc1[N+](=O)[O-]. The highest BCUT2D eigenvalue weighted by Gasteiger charge is 2.16. The van der Waals surface area contributed by atoms with Gasteiger partial charge in [0.2, 0.25) is 0 Å². The topological polar surface area (TPSA) is 85.1 Å². The van der Waals surface area contributed by atoms with Crippen molar-refractivity contribution < 1.29 is 18.5 Å². The van der Waals surface area contributed by atoms with Gasteiger partial charge in [0.25, 0.3) is 11.6 Å². The molecular formula is C17H11F2N3O3S. The Balaban J connectivity index is 1.81. The van der Waals surface area contributed by atoms with Crippen LogP contribution in [0, 0.1) is 28.7 Å². The Bertz CT molecular complexity index is 1020. The second-order valence-corrected chi connectivity index (χ2v) is 6.23. The van der Waals surface area contributed by atoms with Gasteiger partial charge in [-0.05, 0) is 37.3 Å². The van der Waals surface area contributed by atoms with E-state index in [4.69, 9.17) is 0 Å². The van der Waals surface area contributed by atoms with Crippen molar-refractivity contribution in [2.45, 2.75) is 6.92 Å². The zero-order valence-electron chi connectivity index (χ0n) is 13.3. The summed E-state index contributed by atoms with van der Waals surface area (Å²) in [4.78, 5) is 26.6. The van der Waals surface area contributed by atoms with Crippen molar-refractivity contribution in [3.63, 3.8) is 0 Å². The first kappa shape index (κ1) is 17.6. The van der Waals surface area contributed by atoms with E-state index in [0.717, 1.165) is 29.5 Å². The molecule has 0 spiro atoms. The van der Waals surface area contributed by atoms with Gasteiger partial charge in [0.15, 0.2) is 5.13 Å². The molecule has 0 radical (unpaired) electrons. The number of rotatable bonds is 4. The fraction of sp³-hybridized carbons (Fsp3) is 0.0588. The summed E-state index contributed by atoms with van der Waals surface area (Å²) in [7, 11) is 0. The highest BCUT2D eigenvalue weighted by Crippen LogP contribution is 2.28. The predicted molar refractivity (Wildman–Crippen MR) is 93.3 cm³/mol. The van der Waals surface area contributed by atoms with Crippen LogP contribution < -0.4 is 5.32 Å². The van der Waals surface area contributed by atoms with E-state index >= 15 is 0 Å². The number of nitrogens with zero attached hydrogens (tertiary/aromatic N) is 2. The number of amides is 1. The number of thiazole rings is 1. The van der Waals surface area contributed by atoms with Gasteiger partial charge in [-0.1, -0.05) is 0 Å². The Labute approximate surface area is 150 Å². The standard InChI is InChI=1S/C17H11F2N3O3S/c1-9-6-10(2-5-15(9)22(24)25)16(23)21-17-20-14(8-26-17)12-7-11(18)3-4-13(12)19/h2-8H,1H3,(H,20,21,23). The second kappa shape index (κ2) is 6.96. The molecule has 0 saturated heterocycles. The normalized spacial score (nSPS) is 10.6. The van der Waals surface area contributed by atoms with Crippen LogP contribution in [0.25, 0.3) is 11.3 Å². The van der Waals surface area contributed by atoms with Crippen LogP contribution in [0.1, 0.15) is 15.9 Å². The number of carbonyl (C=O) groups is 1. The molecule has 0 aliphatic heterocycles. The number of carbonyl (C=O) groups excluding carboxylic acids is 1. The molecule has 1 N–H and O–H groups in total. The molecule has 0 atom stereocenters. The smallest absolute Gasteiger partial charge is 0.272 e. The number of nitrogens with one attached hydrogen (secondary N) is 1. The highest BCUT2D eigenvalue weighted by atomic mass is 32.1. The number of benzene rings is 2. The van der Waals surface area contributed by atoms with Gasteiger partial charge in [0.1, 0.15) is 11.6 Å². The van der Waals surface area contributed by atoms with Gasteiger partial charge in [-0.15, -0.1) is 11.3 Å². The monoisotopic (exact) mass is 375 g/mol. The van der Waals surface area contributed by atoms with Gasteiger partial charge in [0.05, 0.1) is 10.6 Å². The molecule has 0 aliphatic rings. The summed E-state index contributed by atoms with van der Waals surface area (Å²) in [6.07, 6.45) is 0. The van der Waals surface area contributed by atoms with E-state index in [1.54, 1.807) is 0 Å². The molecule has 0 unspecified atom stereocenters. The van der Waals surface area contributed by atoms with Gasteiger partial charge < -0.3 is 0 Å². The molecule has 2 aromatic carbocycles. The first-order chi connectivity index (χ1) is 12.3. The van der Waals surface area contributed by atoms with E-state index in [2.05, 4.69) is 10.3 Å². The number of aryl methyl sites for hydroxylation is 1. The summed E-state index contributed by atoms with van der Waals surface area (Å²) in [6, 6.07) is 7.01. The second-order valence-electron chi connectivity index (χ2n) is 5.37. The third-order valence-electron chi connectivity index (χ3n) is 3.58. The van der Waals surface area contributed by atoms with Crippen molar-refractivity contribution in [1.82, 2.24) is 4.98 Å². The fourth-order valence-corrected chi connectivity index (χ4v) is 3.03. The average molecular weight is 375 g/mol. The van der Waals surface area contributed by atoms with E-state index in [1.165, 1.54) is 30.5 Å². The van der Waals surface area contributed by atoms with Gasteiger partial charge in [0, 0.05) is 28.1 Å². The maximum atomic E-state index is 13.8. The Morgan fingerprint density at radius 1 is 1.23 bits per heavy atom. The summed E-state index contributed by atoms with van der Waals surface area (Å²) >= 11 is 1.05. The number of aromatic nitrogens is 1. The van der Waals surface area contributed by atoms with Crippen molar-refractivity contribution in [3.05, 3.63) is 74.7 Å². The number of hydrogen-bond acceptors (Lipinski definition) is 5. The van der Waals surface area contributed by atoms with Crippen LogP contribution in [0.5, 0.6) is 0 Å². The number of anilines is 1. The summed E-state index contributed by atoms with van der Waals surface area (Å²) < 4.78 is 27.1. The largest absolute Gasteiger partial charge is 0.298 e. The van der Waals surface area contributed by atoms with Crippen LogP contribution in [0.3, 0.4) is 0 Å². The van der Waals surface area contributed by atoms with Crippen LogP contribution in [0.15, 0.2) is 41.8 Å². The quantitative estimate of drug-likeness (QED) is 0.535. The molecular weight excluding hydrogens is 364 g/mol. The minimum Gasteiger partial charge on any atom is -0.298 e. The summed E-state index contributed by atoms with van der Waals surface area (Å²) in [5.74, 6) is -1.73. The molecule has 0 bridgehead atoms. The molecule has 1 amide bonds. The van der Waals surface area contributed by atoms with E-state index in [0.29, 0.717) is 5.56 Å². The Morgan fingerprint density at radius 2 is 2.00 bits per heavy atom. The summed E-state index contributed by atoms with van der Waals surface area (Å²) in [5.41, 5.74) is 0.681. The number of nitro benzene ring substituents is 1. The lowest BCUT2D eigenvalue weighted by atomic mass is 10.1. The Morgan fingerprint density at radius 3 is 2.69 bits per heavy atom. The van der Waals surface area contributed by atoms with Gasteiger partial charge in [-0.3, -0.25) is 20.2 Å². The van der Waals surface area contributed by atoms with Crippen LogP contribution in [0.2, 0.25) is 0 Å². The predicted octanol–water partition coefficient (Wildman–Crippen LogP) is 4.56. The van der Waals surface area contributed by atoms with Crippen LogP contribution in [-0.2, 0) is 0 Å². The number of hydrogen-bond donors (Lipinski definition) is 1. The van der Waals surface area contributed by atoms with Gasteiger partial charge >= 0.3 is 0 Å². The molecule has 0 fully saturated rings. The Hall–Kier alpha value is -3.20. The Kier molecular flexibility index (Phi) is 4.72. The van der Waals surface area contributed by atoms with Crippen LogP contribution >= 0.6 is 11.3 Å². The van der Waals surface area contributed by atoms with E-state index in [-0.39, 0.29) is 27.6 Å². The highest BCUT2D eigenvalue weighted by molar-refractivity contribution is 7.14. The van der Waals surface area contributed by atoms with E-state index in [9.17, 15) is 23.7 Å². The minimum absolute atomic E-state index is 0.00655. The number of halogens is 2. The maximum Gasteiger partial charge on any atom is 0.272 e. The third kappa shape index (κ3) is 3.57. The van der Waals surface area contributed by atoms with Crippen LogP contribution in [-0.4, -0.2) is 15.8 Å². The van der Waals surface area contributed by atoms with Crippen molar-refractivity contribution >= 4 is 28.1 Å². The lowest BCUT2D eigenvalue weighted by Crippen LogP contribution is -2.12. The molecule has 1 heterocycles. The molecule has 3 aromatic rings. The molecule has 26 heavy (non-hydrogen) atoms. The average Bonchev–Trinajstić information content (AvgIpc) is 3.04. The van der Waals surface area contributed by atoms with Crippen molar-refractivity contribution in [2.75, 3.05) is 5.32 Å². The van der Waals surface area contributed by atoms with Crippen molar-refractivity contribution in [2.24, 2.45) is 0 Å². The zero-order chi connectivity index (χ0) is 18.8. The molecule has 3 rings (SSSR count). The van der Waals surface area contributed by atoms with Crippen molar-refractivity contribution in [1.29, 1.82) is 0 Å². The molecule has 6 nitrogen and oxygen atoms in total. The molecule has 0 saturated carbocycles. The van der Waals surface area contributed by atoms with E-state index < -0.39 is 22.5 Å². The molecule has 132 valence electrons. The van der Waals surface area contributed by atoms with Gasteiger partial charge in [-0.25, -0.2) is 13.8 Å². The maximum absolute atomic E-state index is 13.8. The molecule has 9 heteroatoms. The lowest BCUT2D eigenvalue weighted by Gasteiger charge is -2.04.